The number of unbranched alkanes of at least 4 members (excludes halogenated alkanes) is 2. The van der Waals surface area contributed by atoms with Gasteiger partial charge >= 0.3 is 0 Å². The highest BCUT2D eigenvalue weighted by Gasteiger charge is 2.13. The maximum absolute atomic E-state index is 4.87. The fourth-order valence-corrected chi connectivity index (χ4v) is 3.79. The van der Waals surface area contributed by atoms with Gasteiger partial charge in [-0.3, -0.25) is 4.98 Å². The molecule has 32 heavy (non-hydrogen) atoms. The minimum Gasteiger partial charge on any atom is -0.264 e. The summed E-state index contributed by atoms with van der Waals surface area (Å²) in [6.07, 6.45) is 8.81. The van der Waals surface area contributed by atoms with Crippen molar-refractivity contribution in [2.45, 2.75) is 59.4 Å². The van der Waals surface area contributed by atoms with Gasteiger partial charge in [-0.25, -0.2) is 14.8 Å². The quantitative estimate of drug-likeness (QED) is 0.372. The number of aromatic amines is 1. The van der Waals surface area contributed by atoms with Gasteiger partial charge in [0.25, 0.3) is 0 Å². The van der Waals surface area contributed by atoms with Crippen molar-refractivity contribution in [3.8, 4) is 22.5 Å². The lowest BCUT2D eigenvalue weighted by Gasteiger charge is -2.09. The molecule has 3 aromatic heterocycles. The molecule has 1 aromatic carbocycles. The first-order valence-corrected chi connectivity index (χ1v) is 11.3. The van der Waals surface area contributed by atoms with E-state index in [1.54, 1.807) is 6.20 Å². The molecule has 4 aromatic rings. The van der Waals surface area contributed by atoms with Crippen molar-refractivity contribution in [3.05, 3.63) is 59.9 Å². The first-order valence-electron chi connectivity index (χ1n) is 11.3. The topological polar surface area (TPSA) is 98.1 Å². The van der Waals surface area contributed by atoms with Gasteiger partial charge < -0.3 is 0 Å². The van der Waals surface area contributed by atoms with E-state index < -0.39 is 0 Å². The van der Waals surface area contributed by atoms with E-state index >= 15 is 0 Å². The third kappa shape index (κ3) is 5.25. The van der Waals surface area contributed by atoms with Gasteiger partial charge in [-0.05, 0) is 40.0 Å². The molecule has 0 radical (unpaired) electrons. The molecule has 8 heteroatoms. The molecule has 4 rings (SSSR count). The minimum absolute atomic E-state index is 0.543. The summed E-state index contributed by atoms with van der Waals surface area (Å²) in [4.78, 5) is 9.16. The monoisotopic (exact) mass is 430 g/mol. The number of aromatic nitrogens is 8. The van der Waals surface area contributed by atoms with Gasteiger partial charge in [-0.1, -0.05) is 57.9 Å². The lowest BCUT2D eigenvalue weighted by molar-refractivity contribution is 0.526. The molecule has 166 valence electrons. The molecule has 0 aliphatic carbocycles. The Morgan fingerprint density at radius 1 is 1.03 bits per heavy atom. The molecule has 0 aliphatic heterocycles. The number of hydrogen-bond acceptors (Lipinski definition) is 6. The second-order valence-electron chi connectivity index (χ2n) is 8.52. The van der Waals surface area contributed by atoms with Crippen LogP contribution in [0.25, 0.3) is 22.5 Å². The molecule has 0 saturated carbocycles. The molecule has 0 saturated heterocycles. The molecular weight excluding hydrogens is 400 g/mol. The molecule has 8 nitrogen and oxygen atoms in total. The fourth-order valence-electron chi connectivity index (χ4n) is 3.79. The summed E-state index contributed by atoms with van der Waals surface area (Å²) >= 11 is 0. The summed E-state index contributed by atoms with van der Waals surface area (Å²) in [5.41, 5.74) is 4.19. The third-order valence-electron chi connectivity index (χ3n) is 5.41. The highest BCUT2D eigenvalue weighted by atomic mass is 15.5. The van der Waals surface area contributed by atoms with E-state index in [4.69, 9.17) is 10.1 Å². The van der Waals surface area contributed by atoms with Gasteiger partial charge in [0, 0.05) is 42.9 Å². The largest absolute Gasteiger partial charge is 0.264 e. The van der Waals surface area contributed by atoms with E-state index in [1.165, 1.54) is 18.4 Å². The maximum atomic E-state index is 4.87. The van der Waals surface area contributed by atoms with Crippen LogP contribution in [0.1, 0.15) is 57.2 Å². The molecule has 0 bridgehead atoms. The maximum Gasteiger partial charge on any atom is 0.180 e. The number of H-pyrrole nitrogens is 1. The van der Waals surface area contributed by atoms with Crippen LogP contribution < -0.4 is 0 Å². The van der Waals surface area contributed by atoms with Crippen molar-refractivity contribution < 1.29 is 0 Å². The van der Waals surface area contributed by atoms with Gasteiger partial charge in [0.05, 0.1) is 0 Å². The van der Waals surface area contributed by atoms with Gasteiger partial charge in [0.15, 0.2) is 11.6 Å². The second-order valence-corrected chi connectivity index (χ2v) is 8.52. The Labute approximate surface area is 188 Å². The van der Waals surface area contributed by atoms with Crippen molar-refractivity contribution in [1.82, 2.24) is 40.4 Å². The Kier molecular flexibility index (Phi) is 6.99. The minimum atomic E-state index is 0.543. The highest BCUT2D eigenvalue weighted by Crippen LogP contribution is 2.29. The van der Waals surface area contributed by atoms with Crippen LogP contribution in [0.15, 0.2) is 42.7 Å². The van der Waals surface area contributed by atoms with Crippen molar-refractivity contribution in [1.29, 1.82) is 0 Å². The number of tetrazole rings is 1. The van der Waals surface area contributed by atoms with Crippen molar-refractivity contribution in [2.75, 3.05) is 0 Å². The number of hydrogen-bond donors (Lipinski definition) is 1. The Balaban J connectivity index is 1.55. The average molecular weight is 431 g/mol. The second kappa shape index (κ2) is 10.3. The normalized spacial score (nSPS) is 11.4. The van der Waals surface area contributed by atoms with Crippen LogP contribution >= 0.6 is 0 Å². The van der Waals surface area contributed by atoms with Gasteiger partial charge in [-0.15, -0.1) is 5.10 Å². The van der Waals surface area contributed by atoms with E-state index in [-0.39, 0.29) is 0 Å². The molecule has 0 aliphatic rings. The van der Waals surface area contributed by atoms with Crippen molar-refractivity contribution >= 4 is 0 Å². The standard InChI is InChI=1S/C24H30N8/c1-4-5-6-13-32-23(26-22(29-32)14-17(2)3)15-18-7-9-19(10-8-18)21-16-25-12-11-20(21)24-27-30-31-28-24/h7-12,16-17H,4-6,13-15H2,1-3H3,(H,27,28,30,31). The van der Waals surface area contributed by atoms with E-state index in [0.717, 1.165) is 54.1 Å². The van der Waals surface area contributed by atoms with E-state index in [1.807, 2.05) is 12.3 Å². The Morgan fingerprint density at radius 3 is 2.59 bits per heavy atom. The molecule has 1 N–H and O–H groups in total. The van der Waals surface area contributed by atoms with Gasteiger partial charge in [0.1, 0.15) is 5.82 Å². The number of nitrogens with one attached hydrogen (secondary N) is 1. The highest BCUT2D eigenvalue weighted by molar-refractivity contribution is 5.79. The predicted molar refractivity (Wildman–Crippen MR) is 124 cm³/mol. The average Bonchev–Trinajstić information content (AvgIpc) is 3.45. The Hall–Kier alpha value is -3.42. The van der Waals surface area contributed by atoms with E-state index in [2.05, 4.69) is 75.3 Å². The number of nitrogens with zero attached hydrogens (tertiary/aromatic N) is 7. The van der Waals surface area contributed by atoms with Crippen LogP contribution in [0.5, 0.6) is 0 Å². The number of pyridine rings is 1. The predicted octanol–water partition coefficient (Wildman–Crippen LogP) is 4.50. The SMILES string of the molecule is CCCCCn1nc(CC(C)C)nc1Cc1ccc(-c2cnccc2-c2nnn[nH]2)cc1. The van der Waals surface area contributed by atoms with Gasteiger partial charge in [-0.2, -0.15) is 5.10 Å². The molecular formula is C24H30N8. The summed E-state index contributed by atoms with van der Waals surface area (Å²) < 4.78 is 2.11. The molecule has 0 atom stereocenters. The third-order valence-corrected chi connectivity index (χ3v) is 5.41. The summed E-state index contributed by atoms with van der Waals surface area (Å²) in [7, 11) is 0. The number of rotatable bonds is 10. The number of aryl methyl sites for hydroxylation is 1. The molecule has 0 spiro atoms. The van der Waals surface area contributed by atoms with Crippen molar-refractivity contribution in [2.24, 2.45) is 5.92 Å². The van der Waals surface area contributed by atoms with Crippen LogP contribution in [0.3, 0.4) is 0 Å². The van der Waals surface area contributed by atoms with Crippen LogP contribution in [0.2, 0.25) is 0 Å². The fraction of sp³-hybridized carbons (Fsp3) is 0.417. The lowest BCUT2D eigenvalue weighted by Crippen LogP contribution is -2.07. The van der Waals surface area contributed by atoms with Crippen LogP contribution in [0, 0.1) is 5.92 Å². The van der Waals surface area contributed by atoms with Crippen molar-refractivity contribution in [3.63, 3.8) is 0 Å². The lowest BCUT2D eigenvalue weighted by atomic mass is 9.99. The zero-order chi connectivity index (χ0) is 22.3. The zero-order valence-corrected chi connectivity index (χ0v) is 19.0. The molecule has 3 heterocycles. The molecule has 0 unspecified atom stereocenters. The summed E-state index contributed by atoms with van der Waals surface area (Å²) in [5, 5.41) is 19.1. The van der Waals surface area contributed by atoms with Gasteiger partial charge in [0.2, 0.25) is 0 Å². The van der Waals surface area contributed by atoms with E-state index in [0.29, 0.717) is 11.7 Å². The van der Waals surface area contributed by atoms with Crippen LogP contribution in [-0.2, 0) is 19.4 Å². The zero-order valence-electron chi connectivity index (χ0n) is 19.0. The van der Waals surface area contributed by atoms with Crippen LogP contribution in [0.4, 0.5) is 0 Å². The smallest absolute Gasteiger partial charge is 0.180 e. The Bertz CT molecular complexity index is 1110. The van der Waals surface area contributed by atoms with E-state index in [9.17, 15) is 0 Å². The summed E-state index contributed by atoms with van der Waals surface area (Å²) in [5.74, 6) is 3.16. The molecule has 0 amide bonds. The summed E-state index contributed by atoms with van der Waals surface area (Å²) in [6, 6.07) is 10.5. The number of benzene rings is 1. The Morgan fingerprint density at radius 2 is 1.88 bits per heavy atom. The summed E-state index contributed by atoms with van der Waals surface area (Å²) in [6.45, 7) is 7.56. The first kappa shape index (κ1) is 21.8. The molecule has 0 fully saturated rings. The van der Waals surface area contributed by atoms with Crippen LogP contribution in [-0.4, -0.2) is 40.4 Å². The first-order chi connectivity index (χ1) is 15.6.